The number of urea groups is 1. The van der Waals surface area contributed by atoms with Gasteiger partial charge in [-0.2, -0.15) is 5.01 Å². The number of methoxy groups -OCH3 is 1. The molecule has 164 valence electrons. The third kappa shape index (κ3) is 4.41. The molecule has 1 atom stereocenters. The van der Waals surface area contributed by atoms with Crippen molar-refractivity contribution in [3.63, 3.8) is 0 Å². The molecule has 0 bridgehead atoms. The van der Waals surface area contributed by atoms with Crippen LogP contribution in [0.5, 0.6) is 11.5 Å². The van der Waals surface area contributed by atoms with Gasteiger partial charge >= 0.3 is 6.03 Å². The first kappa shape index (κ1) is 21.0. The average molecular weight is 416 g/mol. The minimum absolute atomic E-state index is 0.166. The van der Waals surface area contributed by atoms with E-state index >= 15 is 0 Å². The van der Waals surface area contributed by atoms with Crippen molar-refractivity contribution in [2.24, 2.45) is 0 Å². The third-order valence-electron chi connectivity index (χ3n) is 6.66. The summed E-state index contributed by atoms with van der Waals surface area (Å²) in [5, 5.41) is 6.07. The third-order valence-corrected chi connectivity index (χ3v) is 6.66. The molecule has 3 aliphatic rings. The molecule has 3 fully saturated rings. The molecule has 1 aromatic carbocycles. The Morgan fingerprint density at radius 2 is 1.73 bits per heavy atom. The van der Waals surface area contributed by atoms with Crippen LogP contribution in [0.25, 0.3) is 0 Å². The second-order valence-electron chi connectivity index (χ2n) is 8.72. The zero-order valence-electron chi connectivity index (χ0n) is 18.1. The van der Waals surface area contributed by atoms with Crippen molar-refractivity contribution >= 4 is 11.9 Å². The molecule has 4 rings (SSSR count). The fourth-order valence-electron chi connectivity index (χ4n) is 4.95. The van der Waals surface area contributed by atoms with Crippen molar-refractivity contribution in [2.75, 3.05) is 14.2 Å². The Kier molecular flexibility index (Phi) is 6.46. The van der Waals surface area contributed by atoms with Crippen LogP contribution < -0.4 is 14.8 Å². The Bertz CT molecular complexity index is 772. The van der Waals surface area contributed by atoms with E-state index < -0.39 is 0 Å². The Labute approximate surface area is 178 Å². The van der Waals surface area contributed by atoms with E-state index in [0.717, 1.165) is 44.1 Å². The van der Waals surface area contributed by atoms with Gasteiger partial charge in [-0.1, -0.05) is 25.3 Å². The SMILES string of the molecule is COc1ccc(C2CC(=O)N(C(=O)NC3CCCCC3)N2C)cc1OC1CCCC1. The molecule has 0 spiro atoms. The first-order valence-electron chi connectivity index (χ1n) is 11.3. The number of imide groups is 1. The van der Waals surface area contributed by atoms with Crippen molar-refractivity contribution < 1.29 is 19.1 Å². The van der Waals surface area contributed by atoms with Crippen molar-refractivity contribution in [1.82, 2.24) is 15.3 Å². The van der Waals surface area contributed by atoms with E-state index in [4.69, 9.17) is 9.47 Å². The van der Waals surface area contributed by atoms with Gasteiger partial charge in [-0.3, -0.25) is 4.79 Å². The summed E-state index contributed by atoms with van der Waals surface area (Å²) in [6, 6.07) is 5.46. The topological polar surface area (TPSA) is 71.1 Å². The number of nitrogens with one attached hydrogen (secondary N) is 1. The minimum Gasteiger partial charge on any atom is -0.493 e. The number of hydrogen-bond acceptors (Lipinski definition) is 5. The minimum atomic E-state index is -0.312. The zero-order valence-corrected chi connectivity index (χ0v) is 18.1. The van der Waals surface area contributed by atoms with Crippen LogP contribution in [0.4, 0.5) is 4.79 Å². The Balaban J connectivity index is 1.48. The van der Waals surface area contributed by atoms with Gasteiger partial charge in [-0.05, 0) is 56.2 Å². The largest absolute Gasteiger partial charge is 0.493 e. The highest BCUT2D eigenvalue weighted by molar-refractivity contribution is 5.95. The normalized spacial score (nSPS) is 23.7. The molecule has 3 amide bonds. The molecule has 1 N–H and O–H groups in total. The molecule has 1 aromatic rings. The monoisotopic (exact) mass is 415 g/mol. The molecular formula is C23H33N3O4. The molecule has 2 saturated carbocycles. The van der Waals surface area contributed by atoms with Crippen LogP contribution in [-0.2, 0) is 4.79 Å². The van der Waals surface area contributed by atoms with E-state index in [2.05, 4.69) is 5.32 Å². The zero-order chi connectivity index (χ0) is 21.1. The maximum absolute atomic E-state index is 12.8. The molecule has 7 heteroatoms. The van der Waals surface area contributed by atoms with Crippen LogP contribution >= 0.6 is 0 Å². The predicted octanol–water partition coefficient (Wildman–Crippen LogP) is 4.18. The van der Waals surface area contributed by atoms with Gasteiger partial charge in [0.05, 0.1) is 25.7 Å². The predicted molar refractivity (Wildman–Crippen MR) is 113 cm³/mol. The molecular weight excluding hydrogens is 382 g/mol. The molecule has 1 saturated heterocycles. The van der Waals surface area contributed by atoms with Crippen LogP contribution in [0, 0.1) is 0 Å². The highest BCUT2D eigenvalue weighted by Gasteiger charge is 2.41. The van der Waals surface area contributed by atoms with Crippen molar-refractivity contribution in [3.8, 4) is 11.5 Å². The van der Waals surface area contributed by atoms with Crippen molar-refractivity contribution in [1.29, 1.82) is 0 Å². The molecule has 0 aromatic heterocycles. The number of hydrogen-bond donors (Lipinski definition) is 1. The number of nitrogens with zero attached hydrogens (tertiary/aromatic N) is 2. The van der Waals surface area contributed by atoms with Gasteiger partial charge in [0.2, 0.25) is 5.91 Å². The molecule has 1 aliphatic heterocycles. The van der Waals surface area contributed by atoms with Gasteiger partial charge < -0.3 is 14.8 Å². The lowest BCUT2D eigenvalue weighted by molar-refractivity contribution is -0.131. The Hall–Kier alpha value is -2.28. The average Bonchev–Trinajstić information content (AvgIpc) is 3.36. The van der Waals surface area contributed by atoms with Crippen LogP contribution in [0.1, 0.15) is 75.8 Å². The number of carbonyl (C=O) groups excluding carboxylic acids is 2. The molecule has 0 radical (unpaired) electrons. The number of amides is 3. The first-order chi connectivity index (χ1) is 14.6. The van der Waals surface area contributed by atoms with Gasteiger partial charge in [0.25, 0.3) is 0 Å². The number of rotatable bonds is 5. The Morgan fingerprint density at radius 1 is 1.03 bits per heavy atom. The van der Waals surface area contributed by atoms with Crippen LogP contribution in [-0.4, -0.2) is 48.3 Å². The second kappa shape index (κ2) is 9.25. The summed E-state index contributed by atoms with van der Waals surface area (Å²) in [5.74, 6) is 1.24. The van der Waals surface area contributed by atoms with Crippen LogP contribution in [0.2, 0.25) is 0 Å². The summed E-state index contributed by atoms with van der Waals surface area (Å²) >= 11 is 0. The quantitative estimate of drug-likeness (QED) is 0.781. The lowest BCUT2D eigenvalue weighted by Crippen LogP contribution is -2.50. The van der Waals surface area contributed by atoms with Crippen LogP contribution in [0.15, 0.2) is 18.2 Å². The van der Waals surface area contributed by atoms with Gasteiger partial charge in [0.1, 0.15) is 0 Å². The van der Waals surface area contributed by atoms with Gasteiger partial charge in [-0.25, -0.2) is 9.80 Å². The lowest BCUT2D eigenvalue weighted by atomic mass is 9.96. The summed E-state index contributed by atoms with van der Waals surface area (Å²) in [6.07, 6.45) is 10.4. The van der Waals surface area contributed by atoms with Crippen molar-refractivity contribution in [2.45, 2.75) is 82.4 Å². The summed E-state index contributed by atoms with van der Waals surface area (Å²) in [4.78, 5) is 25.5. The maximum atomic E-state index is 12.8. The summed E-state index contributed by atoms with van der Waals surface area (Å²) in [7, 11) is 3.44. The van der Waals surface area contributed by atoms with Crippen LogP contribution in [0.3, 0.4) is 0 Å². The first-order valence-corrected chi connectivity index (χ1v) is 11.3. The van der Waals surface area contributed by atoms with E-state index in [1.807, 2.05) is 18.2 Å². The summed E-state index contributed by atoms with van der Waals surface area (Å²) in [5.41, 5.74) is 0.951. The molecule has 7 nitrogen and oxygen atoms in total. The molecule has 30 heavy (non-hydrogen) atoms. The van der Waals surface area contributed by atoms with Crippen molar-refractivity contribution in [3.05, 3.63) is 23.8 Å². The number of ether oxygens (including phenoxy) is 2. The number of benzene rings is 1. The summed E-state index contributed by atoms with van der Waals surface area (Å²) < 4.78 is 11.7. The van der Waals surface area contributed by atoms with E-state index in [9.17, 15) is 9.59 Å². The standard InChI is InChI=1S/C23H33N3O4/c1-25-19(15-22(27)26(25)23(28)24-17-8-4-3-5-9-17)16-12-13-20(29-2)21(14-16)30-18-10-6-7-11-18/h12-14,17-19H,3-11,15H2,1-2H3,(H,24,28). The van der Waals surface area contributed by atoms with E-state index in [1.165, 1.54) is 24.3 Å². The number of hydrazine groups is 1. The summed E-state index contributed by atoms with van der Waals surface area (Å²) in [6.45, 7) is 0. The molecule has 2 aliphatic carbocycles. The lowest BCUT2D eigenvalue weighted by Gasteiger charge is -2.30. The van der Waals surface area contributed by atoms with E-state index in [1.54, 1.807) is 19.2 Å². The highest BCUT2D eigenvalue weighted by atomic mass is 16.5. The highest BCUT2D eigenvalue weighted by Crippen LogP contribution is 2.38. The second-order valence-corrected chi connectivity index (χ2v) is 8.72. The van der Waals surface area contributed by atoms with Gasteiger partial charge in [0, 0.05) is 13.1 Å². The molecule has 1 unspecified atom stereocenters. The van der Waals surface area contributed by atoms with E-state index in [0.29, 0.717) is 11.5 Å². The fraction of sp³-hybridized carbons (Fsp3) is 0.652. The van der Waals surface area contributed by atoms with Gasteiger partial charge in [-0.15, -0.1) is 0 Å². The van der Waals surface area contributed by atoms with Gasteiger partial charge in [0.15, 0.2) is 11.5 Å². The van der Waals surface area contributed by atoms with E-state index in [-0.39, 0.29) is 36.5 Å². The molecule has 1 heterocycles. The fourth-order valence-corrected chi connectivity index (χ4v) is 4.95. The number of carbonyl (C=O) groups is 2. The maximum Gasteiger partial charge on any atom is 0.339 e. The smallest absolute Gasteiger partial charge is 0.339 e. The Morgan fingerprint density at radius 3 is 2.43 bits per heavy atom.